The zero-order valence-electron chi connectivity index (χ0n) is 18.7. The molecule has 0 aromatic heterocycles. The zero-order valence-corrected chi connectivity index (χ0v) is 19.5. The molecule has 0 aliphatic carbocycles. The first kappa shape index (κ1) is 27.8. The lowest BCUT2D eigenvalue weighted by Crippen LogP contribution is -2.53. The highest BCUT2D eigenvalue weighted by Crippen LogP contribution is 2.19. The lowest BCUT2D eigenvalue weighted by atomic mass is 10.1. The van der Waals surface area contributed by atoms with Crippen LogP contribution in [0.25, 0.3) is 0 Å². The lowest BCUT2D eigenvalue weighted by molar-refractivity contribution is -0.140. The van der Waals surface area contributed by atoms with Crippen molar-refractivity contribution in [2.45, 2.75) is 70.0 Å². The van der Waals surface area contributed by atoms with E-state index in [-0.39, 0.29) is 23.5 Å². The Bertz CT molecular complexity index is 755. The molecule has 32 heavy (non-hydrogen) atoms. The first-order valence-electron chi connectivity index (χ1n) is 11.0. The summed E-state index contributed by atoms with van der Waals surface area (Å²) in [7, 11) is -3.23. The molecule has 0 saturated carbocycles. The number of hydrogen-bond acceptors (Lipinski definition) is 7. The number of amides is 2. The predicted molar refractivity (Wildman–Crippen MR) is 122 cm³/mol. The van der Waals surface area contributed by atoms with E-state index in [0.29, 0.717) is 70.9 Å². The quantitative estimate of drug-likeness (QED) is 0.0785. The minimum absolute atomic E-state index is 0.0185. The number of unbranched alkanes of at least 4 members (excludes halogenated alkanes) is 1. The van der Waals surface area contributed by atoms with Gasteiger partial charge in [-0.25, -0.2) is 13.1 Å². The maximum absolute atomic E-state index is 12.8. The van der Waals surface area contributed by atoms with Gasteiger partial charge in [0.15, 0.2) is 5.96 Å². The summed E-state index contributed by atoms with van der Waals surface area (Å²) < 4.78 is 25.3. The number of aliphatic imine (C=N–C) groups is 1. The molecule has 0 unspecified atom stereocenters. The van der Waals surface area contributed by atoms with Gasteiger partial charge in [-0.3, -0.25) is 14.6 Å². The smallest absolute Gasteiger partial charge is 0.243 e. The van der Waals surface area contributed by atoms with Crippen LogP contribution in [0.3, 0.4) is 0 Å². The third-order valence-electron chi connectivity index (χ3n) is 5.26. The summed E-state index contributed by atoms with van der Waals surface area (Å²) in [5.74, 6) is -0.705. The topological polar surface area (TPSA) is 203 Å². The summed E-state index contributed by atoms with van der Waals surface area (Å²) in [6.45, 7) is 2.63. The van der Waals surface area contributed by atoms with Crippen LogP contribution in [-0.4, -0.2) is 80.9 Å². The second-order valence-electron chi connectivity index (χ2n) is 7.79. The number of nitrogens with one attached hydrogen (secondary N) is 2. The largest absolute Gasteiger partial charge is 0.370 e. The Labute approximate surface area is 189 Å². The Hall–Kier alpha value is -2.25. The van der Waals surface area contributed by atoms with Crippen molar-refractivity contribution in [3.05, 3.63) is 0 Å². The second-order valence-corrected chi connectivity index (χ2v) is 9.89. The van der Waals surface area contributed by atoms with Crippen molar-refractivity contribution in [2.24, 2.45) is 22.2 Å². The van der Waals surface area contributed by atoms with Crippen LogP contribution < -0.4 is 27.2 Å². The third-order valence-corrected chi connectivity index (χ3v) is 6.66. The number of guanidine groups is 1. The number of rotatable bonds is 15. The number of hydrogen-bond donors (Lipinski definition) is 5. The van der Waals surface area contributed by atoms with Crippen LogP contribution in [0.5, 0.6) is 0 Å². The molecule has 0 spiro atoms. The lowest BCUT2D eigenvalue weighted by Gasteiger charge is -2.27. The molecular formula is C19H37N7O5S. The Morgan fingerprint density at radius 1 is 1.22 bits per heavy atom. The molecule has 1 heterocycles. The highest BCUT2D eigenvalue weighted by Gasteiger charge is 2.36. The molecule has 12 nitrogen and oxygen atoms in total. The first-order valence-corrected chi connectivity index (χ1v) is 12.6. The number of sulfonamides is 1. The minimum atomic E-state index is -3.23. The first-order chi connectivity index (χ1) is 15.1. The summed E-state index contributed by atoms with van der Waals surface area (Å²) in [6.07, 6.45) is 4.26. The van der Waals surface area contributed by atoms with Gasteiger partial charge in [0.1, 0.15) is 12.3 Å². The number of carbonyl (C=O) groups excluding carboxylic acids is 3. The van der Waals surface area contributed by atoms with Crippen LogP contribution in [0.4, 0.5) is 0 Å². The van der Waals surface area contributed by atoms with E-state index in [4.69, 9.17) is 17.2 Å². The highest BCUT2D eigenvalue weighted by atomic mass is 32.2. The molecule has 1 rings (SSSR count). The number of aldehydes is 1. The van der Waals surface area contributed by atoms with Crippen LogP contribution in [0.1, 0.15) is 51.9 Å². The van der Waals surface area contributed by atoms with Crippen LogP contribution in [0.15, 0.2) is 4.99 Å². The van der Waals surface area contributed by atoms with Gasteiger partial charge in [-0.15, -0.1) is 0 Å². The van der Waals surface area contributed by atoms with Crippen LogP contribution in [0, 0.1) is 0 Å². The average Bonchev–Trinajstić information content (AvgIpc) is 3.24. The molecular weight excluding hydrogens is 438 g/mol. The van der Waals surface area contributed by atoms with Gasteiger partial charge >= 0.3 is 0 Å². The van der Waals surface area contributed by atoms with Crippen molar-refractivity contribution < 1.29 is 22.8 Å². The molecule has 0 bridgehead atoms. The normalized spacial score (nSPS) is 18.1. The molecule has 0 aromatic rings. The van der Waals surface area contributed by atoms with Gasteiger partial charge in [0.25, 0.3) is 0 Å². The van der Waals surface area contributed by atoms with Crippen molar-refractivity contribution in [1.82, 2.24) is 14.9 Å². The zero-order chi connectivity index (χ0) is 24.1. The van der Waals surface area contributed by atoms with E-state index in [1.165, 1.54) is 4.90 Å². The van der Waals surface area contributed by atoms with Gasteiger partial charge in [0.2, 0.25) is 21.8 Å². The Balaban J connectivity index is 2.48. The fourth-order valence-electron chi connectivity index (χ4n) is 3.43. The predicted octanol–water partition coefficient (Wildman–Crippen LogP) is -1.85. The molecule has 13 heteroatoms. The van der Waals surface area contributed by atoms with Crippen molar-refractivity contribution in [1.29, 1.82) is 0 Å². The molecule has 0 radical (unpaired) electrons. The molecule has 2 amide bonds. The summed E-state index contributed by atoms with van der Waals surface area (Å²) >= 11 is 0. The van der Waals surface area contributed by atoms with E-state index >= 15 is 0 Å². The van der Waals surface area contributed by atoms with Gasteiger partial charge in [-0.2, -0.15) is 0 Å². The maximum Gasteiger partial charge on any atom is 0.243 e. The van der Waals surface area contributed by atoms with Gasteiger partial charge < -0.3 is 32.2 Å². The summed E-state index contributed by atoms with van der Waals surface area (Å²) in [4.78, 5) is 42.1. The molecule has 3 atom stereocenters. The number of nitrogens with two attached hydrogens (primary N) is 3. The monoisotopic (exact) mass is 475 g/mol. The number of nitrogens with zero attached hydrogens (tertiary/aromatic N) is 2. The molecule has 1 aliphatic rings. The fourth-order valence-corrected chi connectivity index (χ4v) is 4.09. The Morgan fingerprint density at radius 2 is 1.94 bits per heavy atom. The van der Waals surface area contributed by atoms with Crippen LogP contribution >= 0.6 is 0 Å². The van der Waals surface area contributed by atoms with Crippen molar-refractivity contribution in [3.8, 4) is 0 Å². The van der Waals surface area contributed by atoms with Crippen LogP contribution in [-0.2, 0) is 24.4 Å². The molecule has 8 N–H and O–H groups in total. The number of likely N-dealkylation sites (tertiary alicyclic amines) is 1. The molecule has 0 aromatic carbocycles. The SMILES string of the molecule is CCS(=O)(=O)NCCCC[C@@H](N)C(=O)N1CCC[C@H]1C(=O)N[C@H](C=O)CCCN=C(N)N. The molecule has 184 valence electrons. The van der Waals surface area contributed by atoms with Gasteiger partial charge in [0.05, 0.1) is 17.8 Å². The van der Waals surface area contributed by atoms with E-state index in [1.807, 2.05) is 0 Å². The van der Waals surface area contributed by atoms with Crippen molar-refractivity contribution >= 4 is 34.1 Å². The van der Waals surface area contributed by atoms with E-state index in [1.54, 1.807) is 6.92 Å². The number of carbonyl (C=O) groups is 3. The maximum atomic E-state index is 12.8. The third kappa shape index (κ3) is 9.92. The summed E-state index contributed by atoms with van der Waals surface area (Å²) in [6, 6.07) is -2.12. The standard InChI is InChI=1S/C19H37N7O5S/c1-2-32(30,31)24-11-4-3-8-15(20)18(29)26-12-6-9-16(26)17(28)25-14(13-27)7-5-10-23-19(21)22/h13-16,24H,2-12,20H2,1H3,(H,25,28)(H4,21,22,23)/t14-,15+,16-/m0/s1. The minimum Gasteiger partial charge on any atom is -0.370 e. The molecule has 1 aliphatic heterocycles. The van der Waals surface area contributed by atoms with E-state index in [0.717, 1.165) is 0 Å². The Kier molecular flexibility index (Phi) is 12.2. The van der Waals surface area contributed by atoms with Gasteiger partial charge in [-0.1, -0.05) is 6.42 Å². The van der Waals surface area contributed by atoms with E-state index in [9.17, 15) is 22.8 Å². The summed E-state index contributed by atoms with van der Waals surface area (Å²) in [5, 5.41) is 2.68. The van der Waals surface area contributed by atoms with Crippen molar-refractivity contribution in [3.63, 3.8) is 0 Å². The van der Waals surface area contributed by atoms with Crippen molar-refractivity contribution in [2.75, 3.05) is 25.4 Å². The molecule has 1 fully saturated rings. The second kappa shape index (κ2) is 14.0. The highest BCUT2D eigenvalue weighted by molar-refractivity contribution is 7.89. The fraction of sp³-hybridized carbons (Fsp3) is 0.789. The molecule has 1 saturated heterocycles. The average molecular weight is 476 g/mol. The van der Waals surface area contributed by atoms with E-state index in [2.05, 4.69) is 15.0 Å². The van der Waals surface area contributed by atoms with Gasteiger partial charge in [0, 0.05) is 19.6 Å². The Morgan fingerprint density at radius 3 is 2.56 bits per heavy atom. The summed E-state index contributed by atoms with van der Waals surface area (Å²) in [5.41, 5.74) is 16.5. The van der Waals surface area contributed by atoms with Crippen LogP contribution in [0.2, 0.25) is 0 Å². The van der Waals surface area contributed by atoms with E-state index < -0.39 is 28.1 Å². The van der Waals surface area contributed by atoms with Gasteiger partial charge in [-0.05, 0) is 45.4 Å².